The Labute approximate surface area is 120 Å². The second-order valence-electron chi connectivity index (χ2n) is 3.54. The summed E-state index contributed by atoms with van der Waals surface area (Å²) >= 11 is 1.14. The maximum atomic E-state index is 12.2. The molecule has 0 aliphatic carbocycles. The minimum absolute atomic E-state index is 0. The highest BCUT2D eigenvalue weighted by Gasteiger charge is 2.18. The molecule has 1 aromatic rings. The van der Waals surface area contributed by atoms with Crippen molar-refractivity contribution in [3.05, 3.63) is 15.8 Å². The van der Waals surface area contributed by atoms with E-state index in [-0.39, 0.29) is 28.9 Å². The van der Waals surface area contributed by atoms with Crippen LogP contribution in [0.4, 0.5) is 8.78 Å². The molecule has 0 spiro atoms. The van der Waals surface area contributed by atoms with Crippen LogP contribution in [0.15, 0.2) is 6.07 Å². The number of carbonyl (C=O) groups excluding carboxylic acids is 1. The third kappa shape index (κ3) is 6.17. The third-order valence-corrected chi connectivity index (χ3v) is 3.11. The van der Waals surface area contributed by atoms with Gasteiger partial charge in [0.1, 0.15) is 10.6 Å². The van der Waals surface area contributed by atoms with Gasteiger partial charge in [-0.15, -0.1) is 23.7 Å². The van der Waals surface area contributed by atoms with E-state index in [1.54, 1.807) is 6.92 Å². The molecule has 2 N–H and O–H groups in total. The maximum absolute atomic E-state index is 12.2. The van der Waals surface area contributed by atoms with Gasteiger partial charge in [-0.2, -0.15) is 8.78 Å². The lowest BCUT2D eigenvalue weighted by Crippen LogP contribution is -2.31. The van der Waals surface area contributed by atoms with E-state index in [1.807, 2.05) is 6.92 Å². The summed E-state index contributed by atoms with van der Waals surface area (Å²) in [5.41, 5.74) is 0. The molecule has 1 heterocycles. The molecule has 4 nitrogen and oxygen atoms in total. The van der Waals surface area contributed by atoms with Crippen molar-refractivity contribution >= 4 is 29.7 Å². The highest BCUT2D eigenvalue weighted by molar-refractivity contribution is 7.14. The van der Waals surface area contributed by atoms with Crippen molar-refractivity contribution in [3.63, 3.8) is 0 Å². The van der Waals surface area contributed by atoms with E-state index >= 15 is 0 Å². The summed E-state index contributed by atoms with van der Waals surface area (Å²) in [7, 11) is 0. The molecule has 1 amide bonds. The molecule has 0 aromatic carbocycles. The molecule has 0 bridgehead atoms. The van der Waals surface area contributed by atoms with Gasteiger partial charge in [0, 0.05) is 18.0 Å². The first-order valence-corrected chi connectivity index (χ1v) is 6.40. The highest BCUT2D eigenvalue weighted by Crippen LogP contribution is 2.29. The van der Waals surface area contributed by atoms with Gasteiger partial charge in [0.05, 0.1) is 0 Å². The Morgan fingerprint density at radius 1 is 1.47 bits per heavy atom. The fourth-order valence-electron chi connectivity index (χ4n) is 1.35. The third-order valence-electron chi connectivity index (χ3n) is 2.08. The number of halogens is 3. The van der Waals surface area contributed by atoms with Gasteiger partial charge in [0.2, 0.25) is 0 Å². The first-order chi connectivity index (χ1) is 8.54. The van der Waals surface area contributed by atoms with Crippen LogP contribution in [0, 0.1) is 6.92 Å². The van der Waals surface area contributed by atoms with Crippen LogP contribution in [-0.2, 0) is 0 Å². The standard InChI is InChI=1S/C11H16F2N2O2S.ClH/c1-3-14-4-5-15-10(16)9-8(17-11(12)13)6-7(2)18-9;/h6,11,14H,3-5H2,1-2H3,(H,15,16);1H. The lowest BCUT2D eigenvalue weighted by atomic mass is 10.3. The molecule has 19 heavy (non-hydrogen) atoms. The first-order valence-electron chi connectivity index (χ1n) is 5.58. The van der Waals surface area contributed by atoms with Crippen molar-refractivity contribution in [1.29, 1.82) is 0 Å². The summed E-state index contributed by atoms with van der Waals surface area (Å²) in [4.78, 5) is 12.7. The molecule has 110 valence electrons. The topological polar surface area (TPSA) is 50.4 Å². The molecular formula is C11H17ClF2N2O2S. The van der Waals surface area contributed by atoms with Crippen molar-refractivity contribution in [2.45, 2.75) is 20.5 Å². The van der Waals surface area contributed by atoms with Crippen LogP contribution in [0.2, 0.25) is 0 Å². The van der Waals surface area contributed by atoms with E-state index in [0.717, 1.165) is 22.8 Å². The fraction of sp³-hybridized carbons (Fsp3) is 0.545. The van der Waals surface area contributed by atoms with Gasteiger partial charge in [-0.25, -0.2) is 0 Å². The number of ether oxygens (including phenoxy) is 1. The SMILES string of the molecule is CCNCCNC(=O)c1sc(C)cc1OC(F)F.Cl. The second-order valence-corrected chi connectivity index (χ2v) is 4.79. The summed E-state index contributed by atoms with van der Waals surface area (Å²) in [5.74, 6) is -0.449. The minimum Gasteiger partial charge on any atom is -0.433 e. The molecule has 0 unspecified atom stereocenters. The number of rotatable bonds is 7. The predicted molar refractivity (Wildman–Crippen MR) is 73.8 cm³/mol. The van der Waals surface area contributed by atoms with E-state index in [4.69, 9.17) is 0 Å². The van der Waals surface area contributed by atoms with Gasteiger partial charge in [-0.1, -0.05) is 6.92 Å². The molecular weight excluding hydrogens is 298 g/mol. The maximum Gasteiger partial charge on any atom is 0.387 e. The molecule has 0 fully saturated rings. The highest BCUT2D eigenvalue weighted by atomic mass is 35.5. The lowest BCUT2D eigenvalue weighted by Gasteiger charge is -2.07. The number of thiophene rings is 1. The number of aryl methyl sites for hydroxylation is 1. The monoisotopic (exact) mass is 314 g/mol. The van der Waals surface area contributed by atoms with Crippen LogP contribution in [0.1, 0.15) is 21.5 Å². The number of carbonyl (C=O) groups is 1. The summed E-state index contributed by atoms with van der Waals surface area (Å²) in [6, 6.07) is 1.44. The van der Waals surface area contributed by atoms with Crippen LogP contribution in [-0.4, -0.2) is 32.2 Å². The summed E-state index contributed by atoms with van der Waals surface area (Å²) in [6.45, 7) is 2.66. The van der Waals surface area contributed by atoms with E-state index in [9.17, 15) is 13.6 Å². The Hall–Kier alpha value is -0.920. The van der Waals surface area contributed by atoms with Crippen molar-refractivity contribution < 1.29 is 18.3 Å². The number of amides is 1. The molecule has 0 aliphatic heterocycles. The van der Waals surface area contributed by atoms with E-state index in [2.05, 4.69) is 15.4 Å². The van der Waals surface area contributed by atoms with Gasteiger partial charge in [0.15, 0.2) is 0 Å². The number of hydrogen-bond donors (Lipinski definition) is 2. The number of alkyl halides is 2. The Balaban J connectivity index is 0.00000324. The minimum atomic E-state index is -2.92. The number of nitrogens with one attached hydrogen (secondary N) is 2. The zero-order valence-corrected chi connectivity index (χ0v) is 12.3. The van der Waals surface area contributed by atoms with Gasteiger partial charge in [-0.05, 0) is 19.5 Å². The summed E-state index contributed by atoms with van der Waals surface area (Å²) in [6.07, 6.45) is 0. The Morgan fingerprint density at radius 2 is 2.16 bits per heavy atom. The van der Waals surface area contributed by atoms with Crippen molar-refractivity contribution in [1.82, 2.24) is 10.6 Å². The molecule has 0 atom stereocenters. The Bertz CT molecular complexity index is 402. The van der Waals surface area contributed by atoms with Gasteiger partial charge < -0.3 is 15.4 Å². The fourth-order valence-corrected chi connectivity index (χ4v) is 2.21. The van der Waals surface area contributed by atoms with Crippen molar-refractivity contribution in [3.8, 4) is 5.75 Å². The van der Waals surface area contributed by atoms with E-state index in [0.29, 0.717) is 13.1 Å². The summed E-state index contributed by atoms with van der Waals surface area (Å²) < 4.78 is 28.6. The predicted octanol–water partition coefficient (Wildman–Crippen LogP) is 2.42. The second kappa shape index (κ2) is 9.06. The number of likely N-dealkylation sites (N-methyl/N-ethyl adjacent to an activating group) is 1. The zero-order chi connectivity index (χ0) is 13.5. The van der Waals surface area contributed by atoms with Crippen LogP contribution in [0.25, 0.3) is 0 Å². The van der Waals surface area contributed by atoms with Crippen molar-refractivity contribution in [2.75, 3.05) is 19.6 Å². The van der Waals surface area contributed by atoms with Gasteiger partial charge >= 0.3 is 6.61 Å². The van der Waals surface area contributed by atoms with E-state index in [1.165, 1.54) is 6.07 Å². The van der Waals surface area contributed by atoms with Crippen LogP contribution in [0.3, 0.4) is 0 Å². The first kappa shape index (κ1) is 18.1. The van der Waals surface area contributed by atoms with Crippen LogP contribution >= 0.6 is 23.7 Å². The average molecular weight is 315 g/mol. The number of hydrogen-bond acceptors (Lipinski definition) is 4. The molecule has 0 aliphatic rings. The van der Waals surface area contributed by atoms with Crippen LogP contribution in [0.5, 0.6) is 5.75 Å². The van der Waals surface area contributed by atoms with Crippen LogP contribution < -0.4 is 15.4 Å². The molecule has 1 aromatic heterocycles. The largest absolute Gasteiger partial charge is 0.433 e. The van der Waals surface area contributed by atoms with Crippen molar-refractivity contribution in [2.24, 2.45) is 0 Å². The molecule has 8 heteroatoms. The normalized spacial score (nSPS) is 10.2. The smallest absolute Gasteiger partial charge is 0.387 e. The van der Waals surface area contributed by atoms with E-state index < -0.39 is 6.61 Å². The lowest BCUT2D eigenvalue weighted by molar-refractivity contribution is -0.0498. The molecule has 0 radical (unpaired) electrons. The van der Waals surface area contributed by atoms with Gasteiger partial charge in [-0.3, -0.25) is 4.79 Å². The quantitative estimate of drug-likeness (QED) is 0.760. The molecule has 0 saturated heterocycles. The van der Waals surface area contributed by atoms with Gasteiger partial charge in [0.25, 0.3) is 5.91 Å². The Kier molecular flexibility index (Phi) is 8.62. The summed E-state index contributed by atoms with van der Waals surface area (Å²) in [5, 5.41) is 5.69. The average Bonchev–Trinajstić information content (AvgIpc) is 2.64. The zero-order valence-electron chi connectivity index (χ0n) is 10.7. The molecule has 0 saturated carbocycles. The molecule has 1 rings (SSSR count). The Morgan fingerprint density at radius 3 is 2.74 bits per heavy atom.